The molecule has 3 aromatic carbocycles. The van der Waals surface area contributed by atoms with Gasteiger partial charge in [0, 0.05) is 52.3 Å². The highest BCUT2D eigenvalue weighted by Crippen LogP contribution is 2.31. The first-order valence-corrected chi connectivity index (χ1v) is 13.8. The number of carbonyl (C=O) groups is 1. The van der Waals surface area contributed by atoms with Crippen LogP contribution in [-0.2, 0) is 5.41 Å². The van der Waals surface area contributed by atoms with Gasteiger partial charge in [-0.25, -0.2) is 4.98 Å². The number of halogens is 2. The van der Waals surface area contributed by atoms with Crippen molar-refractivity contribution in [3.05, 3.63) is 92.9 Å². The Labute approximate surface area is 232 Å². The van der Waals surface area contributed by atoms with Crippen LogP contribution in [0.1, 0.15) is 42.3 Å². The van der Waals surface area contributed by atoms with Gasteiger partial charge in [0.2, 0.25) is 0 Å². The second-order valence-corrected chi connectivity index (χ2v) is 12.1. The van der Waals surface area contributed by atoms with Crippen molar-refractivity contribution < 1.29 is 4.79 Å². The Morgan fingerprint density at radius 2 is 1.62 bits per heavy atom. The molecule has 1 aliphatic rings. The largest absolute Gasteiger partial charge is 0.368 e. The van der Waals surface area contributed by atoms with Gasteiger partial charge in [0.25, 0.3) is 5.91 Å². The highest BCUT2D eigenvalue weighted by Gasteiger charge is 2.25. The topological polar surface area (TPSA) is 36.4 Å². The van der Waals surface area contributed by atoms with Crippen molar-refractivity contribution in [2.75, 3.05) is 31.1 Å². The van der Waals surface area contributed by atoms with Crippen LogP contribution >= 0.6 is 27.5 Å². The number of hydrogen-bond donors (Lipinski definition) is 0. The standard InChI is InChI=1S/C31H31BrClN3O/c1-20-5-11-24(33)18-29(20)35-13-15-36(16-14-35)30(37)26-19-28(34-27-12-10-23(32)17-25(26)27)21-6-8-22(9-7-21)31(2,3)4/h5-12,17-19H,13-16H2,1-4H3. The number of aromatic nitrogens is 1. The van der Waals surface area contributed by atoms with Gasteiger partial charge in [-0.3, -0.25) is 4.79 Å². The van der Waals surface area contributed by atoms with Crippen LogP contribution in [0.3, 0.4) is 0 Å². The molecule has 1 saturated heterocycles. The number of pyridine rings is 1. The number of anilines is 1. The highest BCUT2D eigenvalue weighted by atomic mass is 79.9. The van der Waals surface area contributed by atoms with Crippen LogP contribution in [-0.4, -0.2) is 42.0 Å². The maximum Gasteiger partial charge on any atom is 0.254 e. The molecule has 37 heavy (non-hydrogen) atoms. The van der Waals surface area contributed by atoms with Crippen molar-refractivity contribution in [1.82, 2.24) is 9.88 Å². The van der Waals surface area contributed by atoms with E-state index in [0.717, 1.165) is 50.4 Å². The minimum atomic E-state index is 0.0422. The van der Waals surface area contributed by atoms with Crippen LogP contribution in [0.4, 0.5) is 5.69 Å². The lowest BCUT2D eigenvalue weighted by Gasteiger charge is -2.37. The molecule has 1 fully saturated rings. The first-order valence-electron chi connectivity index (χ1n) is 12.6. The molecule has 0 unspecified atom stereocenters. The van der Waals surface area contributed by atoms with E-state index >= 15 is 0 Å². The number of aryl methyl sites for hydroxylation is 1. The average molecular weight is 577 g/mol. The van der Waals surface area contributed by atoms with Gasteiger partial charge < -0.3 is 9.80 Å². The fourth-order valence-corrected chi connectivity index (χ4v) is 5.44. The lowest BCUT2D eigenvalue weighted by molar-refractivity contribution is 0.0748. The summed E-state index contributed by atoms with van der Waals surface area (Å²) in [4.78, 5) is 23.1. The molecule has 6 heteroatoms. The summed E-state index contributed by atoms with van der Waals surface area (Å²) >= 11 is 9.84. The predicted octanol–water partition coefficient (Wildman–Crippen LogP) is 7.89. The first kappa shape index (κ1) is 25.7. The van der Waals surface area contributed by atoms with Gasteiger partial charge in [-0.05, 0) is 59.9 Å². The molecule has 0 atom stereocenters. The molecule has 0 bridgehead atoms. The van der Waals surface area contributed by atoms with Crippen LogP contribution in [0.15, 0.2) is 71.2 Å². The molecule has 0 N–H and O–H groups in total. The summed E-state index contributed by atoms with van der Waals surface area (Å²) in [5, 5.41) is 1.60. The quantitative estimate of drug-likeness (QED) is 0.249. The molecule has 4 aromatic rings. The Morgan fingerprint density at radius 1 is 0.919 bits per heavy atom. The molecule has 1 aromatic heterocycles. The lowest BCUT2D eigenvalue weighted by Crippen LogP contribution is -2.49. The van der Waals surface area contributed by atoms with Crippen LogP contribution in [0, 0.1) is 6.92 Å². The fraction of sp³-hybridized carbons (Fsp3) is 0.290. The van der Waals surface area contributed by atoms with E-state index in [1.807, 2.05) is 47.4 Å². The summed E-state index contributed by atoms with van der Waals surface area (Å²) in [7, 11) is 0. The summed E-state index contributed by atoms with van der Waals surface area (Å²) in [6, 6.07) is 22.4. The van der Waals surface area contributed by atoms with Crippen molar-refractivity contribution in [2.45, 2.75) is 33.1 Å². The van der Waals surface area contributed by atoms with E-state index in [9.17, 15) is 4.79 Å². The number of carbonyl (C=O) groups excluding carboxylic acids is 1. The van der Waals surface area contributed by atoms with Gasteiger partial charge in [-0.1, -0.05) is 78.6 Å². The third kappa shape index (κ3) is 5.39. The third-order valence-corrected chi connectivity index (χ3v) is 7.85. The van der Waals surface area contributed by atoms with E-state index in [1.165, 1.54) is 11.1 Å². The van der Waals surface area contributed by atoms with E-state index in [4.69, 9.17) is 16.6 Å². The minimum Gasteiger partial charge on any atom is -0.368 e. The summed E-state index contributed by atoms with van der Waals surface area (Å²) in [6.45, 7) is 11.5. The zero-order chi connectivity index (χ0) is 26.3. The fourth-order valence-electron chi connectivity index (χ4n) is 4.91. The molecule has 0 saturated carbocycles. The minimum absolute atomic E-state index is 0.0422. The van der Waals surface area contributed by atoms with Crippen LogP contribution < -0.4 is 4.90 Å². The number of benzene rings is 3. The van der Waals surface area contributed by atoms with Crippen molar-refractivity contribution in [2.24, 2.45) is 0 Å². The van der Waals surface area contributed by atoms with Crippen LogP contribution in [0.5, 0.6) is 0 Å². The number of fused-ring (bicyclic) bond motifs is 1. The van der Waals surface area contributed by atoms with Crippen molar-refractivity contribution in [3.63, 3.8) is 0 Å². The Balaban J connectivity index is 1.46. The molecule has 190 valence electrons. The normalized spacial score (nSPS) is 14.3. The Hall–Kier alpha value is -2.89. The van der Waals surface area contributed by atoms with E-state index < -0.39 is 0 Å². The summed E-state index contributed by atoms with van der Waals surface area (Å²) < 4.78 is 0.930. The molecule has 5 rings (SSSR count). The van der Waals surface area contributed by atoms with E-state index in [-0.39, 0.29) is 11.3 Å². The number of amides is 1. The third-order valence-electron chi connectivity index (χ3n) is 7.13. The van der Waals surface area contributed by atoms with E-state index in [1.54, 1.807) is 0 Å². The summed E-state index contributed by atoms with van der Waals surface area (Å²) in [6.07, 6.45) is 0. The number of rotatable bonds is 3. The number of hydrogen-bond acceptors (Lipinski definition) is 3. The first-order chi connectivity index (χ1) is 17.6. The second-order valence-electron chi connectivity index (χ2n) is 10.8. The molecule has 0 spiro atoms. The second kappa shape index (κ2) is 10.1. The van der Waals surface area contributed by atoms with Gasteiger partial charge in [0.15, 0.2) is 0 Å². The Kier molecular flexibility index (Phi) is 7.03. The molecule has 0 radical (unpaired) electrons. The maximum absolute atomic E-state index is 13.9. The number of nitrogens with zero attached hydrogens (tertiary/aromatic N) is 3. The molecular formula is C31H31BrClN3O. The predicted molar refractivity (Wildman–Crippen MR) is 158 cm³/mol. The molecular weight excluding hydrogens is 546 g/mol. The molecule has 4 nitrogen and oxygen atoms in total. The Morgan fingerprint density at radius 3 is 2.30 bits per heavy atom. The highest BCUT2D eigenvalue weighted by molar-refractivity contribution is 9.10. The summed E-state index contributed by atoms with van der Waals surface area (Å²) in [5.41, 5.74) is 7.00. The lowest BCUT2D eigenvalue weighted by atomic mass is 9.86. The van der Waals surface area contributed by atoms with E-state index in [2.05, 4.69) is 72.8 Å². The molecule has 1 amide bonds. The molecule has 1 aliphatic heterocycles. The zero-order valence-electron chi connectivity index (χ0n) is 21.7. The van der Waals surface area contributed by atoms with Gasteiger partial charge in [0.1, 0.15) is 0 Å². The molecule has 2 heterocycles. The van der Waals surface area contributed by atoms with Gasteiger partial charge in [0.05, 0.1) is 16.8 Å². The smallest absolute Gasteiger partial charge is 0.254 e. The summed E-state index contributed by atoms with van der Waals surface area (Å²) in [5.74, 6) is 0.0422. The van der Waals surface area contributed by atoms with E-state index in [0.29, 0.717) is 18.7 Å². The van der Waals surface area contributed by atoms with Crippen molar-refractivity contribution in [3.8, 4) is 11.3 Å². The SMILES string of the molecule is Cc1ccc(Cl)cc1N1CCN(C(=O)c2cc(-c3ccc(C(C)(C)C)cc3)nc3ccc(Br)cc23)CC1. The van der Waals surface area contributed by atoms with Crippen LogP contribution in [0.25, 0.3) is 22.2 Å². The molecule has 0 aliphatic carbocycles. The van der Waals surface area contributed by atoms with Crippen LogP contribution in [0.2, 0.25) is 5.02 Å². The Bertz CT molecular complexity index is 1470. The van der Waals surface area contributed by atoms with Crippen molar-refractivity contribution in [1.29, 1.82) is 0 Å². The number of piperazine rings is 1. The van der Waals surface area contributed by atoms with Crippen molar-refractivity contribution >= 4 is 50.0 Å². The zero-order valence-corrected chi connectivity index (χ0v) is 24.0. The van der Waals surface area contributed by atoms with Gasteiger partial charge in [-0.2, -0.15) is 0 Å². The average Bonchev–Trinajstić information content (AvgIpc) is 2.89. The van der Waals surface area contributed by atoms with Gasteiger partial charge in [-0.15, -0.1) is 0 Å². The van der Waals surface area contributed by atoms with Gasteiger partial charge >= 0.3 is 0 Å². The maximum atomic E-state index is 13.9. The monoisotopic (exact) mass is 575 g/mol.